The van der Waals surface area contributed by atoms with E-state index in [2.05, 4.69) is 15.9 Å². The summed E-state index contributed by atoms with van der Waals surface area (Å²) in [5.41, 5.74) is 6.59. The summed E-state index contributed by atoms with van der Waals surface area (Å²) in [6, 6.07) is 10.3. The lowest BCUT2D eigenvalue weighted by atomic mass is 10.1. The third-order valence-corrected chi connectivity index (χ3v) is 3.44. The smallest absolute Gasteiger partial charge is 0.145 e. The normalized spacial score (nSPS) is 10.5. The van der Waals surface area contributed by atoms with Gasteiger partial charge in [0.15, 0.2) is 0 Å². The van der Waals surface area contributed by atoms with Crippen LogP contribution in [0.1, 0.15) is 5.56 Å². The molecule has 2 aromatic rings. The Morgan fingerprint density at radius 3 is 2.79 bits per heavy atom. The van der Waals surface area contributed by atoms with Crippen LogP contribution in [0.25, 0.3) is 0 Å². The molecule has 0 atom stereocenters. The molecule has 0 unspecified atom stereocenters. The molecule has 0 heterocycles. The highest BCUT2D eigenvalue weighted by molar-refractivity contribution is 9.10. The fourth-order valence-corrected chi connectivity index (χ4v) is 2.36. The minimum Gasteiger partial charge on any atom is -0.456 e. The van der Waals surface area contributed by atoms with Gasteiger partial charge in [-0.2, -0.15) is 0 Å². The van der Waals surface area contributed by atoms with Crippen LogP contribution in [0.4, 0.5) is 4.39 Å². The van der Waals surface area contributed by atoms with Crippen molar-refractivity contribution in [3.8, 4) is 11.5 Å². The fourth-order valence-electron chi connectivity index (χ4n) is 1.64. The highest BCUT2D eigenvalue weighted by Crippen LogP contribution is 2.33. The van der Waals surface area contributed by atoms with Crippen molar-refractivity contribution in [1.82, 2.24) is 0 Å². The summed E-state index contributed by atoms with van der Waals surface area (Å²) in [4.78, 5) is 0. The molecule has 0 radical (unpaired) electrons. The molecule has 19 heavy (non-hydrogen) atoms. The Hall–Kier alpha value is -1.10. The van der Waals surface area contributed by atoms with Crippen LogP contribution in [-0.4, -0.2) is 6.54 Å². The van der Waals surface area contributed by atoms with E-state index in [9.17, 15) is 4.39 Å². The van der Waals surface area contributed by atoms with Crippen LogP contribution in [0.15, 0.2) is 40.9 Å². The number of nitrogens with two attached hydrogens (primary N) is 1. The molecule has 0 aliphatic carbocycles. The monoisotopic (exact) mass is 343 g/mol. The lowest BCUT2D eigenvalue weighted by molar-refractivity contribution is 0.473. The number of rotatable bonds is 4. The fraction of sp³-hybridized carbons (Fsp3) is 0.143. The molecule has 0 bridgehead atoms. The van der Waals surface area contributed by atoms with E-state index in [0.717, 1.165) is 12.0 Å². The molecule has 0 aromatic heterocycles. The van der Waals surface area contributed by atoms with Gasteiger partial charge in [0.25, 0.3) is 0 Å². The van der Waals surface area contributed by atoms with Gasteiger partial charge in [-0.25, -0.2) is 4.39 Å². The molecule has 2 rings (SSSR count). The number of hydrogen-bond donors (Lipinski definition) is 1. The van der Waals surface area contributed by atoms with Gasteiger partial charge in [0.05, 0.1) is 9.50 Å². The Morgan fingerprint density at radius 1 is 1.26 bits per heavy atom. The molecule has 2 nitrogen and oxygen atoms in total. The van der Waals surface area contributed by atoms with Gasteiger partial charge in [-0.15, -0.1) is 0 Å². The standard InChI is InChI=1S/C14H12BrClFNO/c15-11-7-12(16)13(17)8-14(11)19-10-3-1-2-9(6-10)4-5-18/h1-3,6-8H,4-5,18H2. The molecule has 0 saturated heterocycles. The van der Waals surface area contributed by atoms with Crippen LogP contribution in [0.2, 0.25) is 5.02 Å². The van der Waals surface area contributed by atoms with Crippen molar-refractivity contribution in [2.24, 2.45) is 5.73 Å². The zero-order valence-corrected chi connectivity index (χ0v) is 12.3. The first-order valence-electron chi connectivity index (χ1n) is 5.71. The van der Waals surface area contributed by atoms with E-state index in [1.807, 2.05) is 18.2 Å². The largest absolute Gasteiger partial charge is 0.456 e. The van der Waals surface area contributed by atoms with Gasteiger partial charge < -0.3 is 10.5 Å². The highest BCUT2D eigenvalue weighted by atomic mass is 79.9. The lowest BCUT2D eigenvalue weighted by Crippen LogP contribution is -2.02. The topological polar surface area (TPSA) is 35.2 Å². The van der Waals surface area contributed by atoms with Crippen LogP contribution in [-0.2, 0) is 6.42 Å². The maximum atomic E-state index is 13.4. The minimum absolute atomic E-state index is 0.0520. The van der Waals surface area contributed by atoms with Gasteiger partial charge in [0.1, 0.15) is 17.3 Å². The Morgan fingerprint density at radius 2 is 2.05 bits per heavy atom. The summed E-state index contributed by atoms with van der Waals surface area (Å²) in [6.45, 7) is 0.572. The summed E-state index contributed by atoms with van der Waals surface area (Å²) >= 11 is 8.97. The van der Waals surface area contributed by atoms with Gasteiger partial charge >= 0.3 is 0 Å². The zero-order chi connectivity index (χ0) is 13.8. The SMILES string of the molecule is NCCc1cccc(Oc2cc(F)c(Cl)cc2Br)c1. The molecule has 0 amide bonds. The Labute approximate surface area is 124 Å². The van der Waals surface area contributed by atoms with E-state index in [0.29, 0.717) is 22.5 Å². The third-order valence-electron chi connectivity index (χ3n) is 2.53. The second kappa shape index (κ2) is 6.37. The van der Waals surface area contributed by atoms with Crippen LogP contribution < -0.4 is 10.5 Å². The number of benzene rings is 2. The third kappa shape index (κ3) is 3.69. The molecule has 100 valence electrons. The van der Waals surface area contributed by atoms with E-state index in [1.54, 1.807) is 6.07 Å². The van der Waals surface area contributed by atoms with E-state index in [-0.39, 0.29) is 5.02 Å². The molecule has 0 aliphatic heterocycles. The van der Waals surface area contributed by atoms with Crippen molar-refractivity contribution in [3.05, 3.63) is 57.3 Å². The first kappa shape index (κ1) is 14.3. The predicted molar refractivity (Wildman–Crippen MR) is 78.4 cm³/mol. The van der Waals surface area contributed by atoms with Gasteiger partial charge in [-0.05, 0) is 52.7 Å². The molecule has 2 N–H and O–H groups in total. The van der Waals surface area contributed by atoms with Crippen molar-refractivity contribution in [3.63, 3.8) is 0 Å². The van der Waals surface area contributed by atoms with E-state index in [1.165, 1.54) is 12.1 Å². The van der Waals surface area contributed by atoms with E-state index in [4.69, 9.17) is 22.1 Å². The van der Waals surface area contributed by atoms with Gasteiger partial charge in [-0.3, -0.25) is 0 Å². The average Bonchev–Trinajstić information content (AvgIpc) is 2.37. The second-order valence-corrected chi connectivity index (χ2v) is 5.25. The van der Waals surface area contributed by atoms with E-state index < -0.39 is 5.82 Å². The van der Waals surface area contributed by atoms with Crippen LogP contribution in [0.3, 0.4) is 0 Å². The molecule has 2 aromatic carbocycles. The molecule has 0 spiro atoms. The average molecular weight is 345 g/mol. The van der Waals surface area contributed by atoms with Crippen molar-refractivity contribution in [2.45, 2.75) is 6.42 Å². The van der Waals surface area contributed by atoms with Crippen LogP contribution in [0.5, 0.6) is 11.5 Å². The second-order valence-electron chi connectivity index (χ2n) is 3.98. The molecular formula is C14H12BrClFNO. The summed E-state index contributed by atoms with van der Waals surface area (Å²) in [6.07, 6.45) is 0.771. The summed E-state index contributed by atoms with van der Waals surface area (Å²) < 4.78 is 19.7. The van der Waals surface area contributed by atoms with Crippen molar-refractivity contribution < 1.29 is 9.13 Å². The van der Waals surface area contributed by atoms with Crippen molar-refractivity contribution in [1.29, 1.82) is 0 Å². The summed E-state index contributed by atoms with van der Waals surface area (Å²) in [5.74, 6) is 0.498. The highest BCUT2D eigenvalue weighted by Gasteiger charge is 2.09. The molecule has 5 heteroatoms. The van der Waals surface area contributed by atoms with E-state index >= 15 is 0 Å². The Balaban J connectivity index is 2.25. The Bertz CT molecular complexity index is 592. The molecule has 0 fully saturated rings. The molecular weight excluding hydrogens is 333 g/mol. The number of ether oxygens (including phenoxy) is 1. The van der Waals surface area contributed by atoms with Gasteiger partial charge in [-0.1, -0.05) is 23.7 Å². The number of halogens is 3. The first-order valence-corrected chi connectivity index (χ1v) is 6.88. The summed E-state index contributed by atoms with van der Waals surface area (Å²) in [7, 11) is 0. The maximum Gasteiger partial charge on any atom is 0.145 e. The quantitative estimate of drug-likeness (QED) is 0.827. The first-order chi connectivity index (χ1) is 9.10. The van der Waals surface area contributed by atoms with Crippen molar-refractivity contribution >= 4 is 27.5 Å². The van der Waals surface area contributed by atoms with Gasteiger partial charge in [0.2, 0.25) is 0 Å². The lowest BCUT2D eigenvalue weighted by Gasteiger charge is -2.10. The summed E-state index contributed by atoms with van der Waals surface area (Å²) in [5, 5.41) is 0.0520. The molecule has 0 aliphatic rings. The van der Waals surface area contributed by atoms with Crippen LogP contribution in [0, 0.1) is 5.82 Å². The van der Waals surface area contributed by atoms with Crippen molar-refractivity contribution in [2.75, 3.05) is 6.54 Å². The Kier molecular flexibility index (Phi) is 4.80. The van der Waals surface area contributed by atoms with Gasteiger partial charge in [0, 0.05) is 6.07 Å². The molecule has 0 saturated carbocycles. The van der Waals surface area contributed by atoms with Crippen LogP contribution >= 0.6 is 27.5 Å². The predicted octanol–water partition coefficient (Wildman–Crippen LogP) is 4.54. The number of hydrogen-bond acceptors (Lipinski definition) is 2. The minimum atomic E-state index is -0.516. The zero-order valence-electron chi connectivity index (χ0n) is 10.00. The maximum absolute atomic E-state index is 13.4.